The summed E-state index contributed by atoms with van der Waals surface area (Å²) in [7, 11) is -0.177. The van der Waals surface area contributed by atoms with Crippen molar-refractivity contribution >= 4 is 21.8 Å². The van der Waals surface area contributed by atoms with Crippen molar-refractivity contribution in [2.75, 3.05) is 31.1 Å². The molecule has 1 fully saturated rings. The Bertz CT molecular complexity index is 1760. The average molecular weight is 646 g/mol. The number of carbonyl (C=O) groups excluding carboxylic acids is 1. The van der Waals surface area contributed by atoms with Gasteiger partial charge in [-0.2, -0.15) is 4.31 Å². The van der Waals surface area contributed by atoms with Gasteiger partial charge in [-0.1, -0.05) is 36.4 Å². The highest BCUT2D eigenvalue weighted by Gasteiger charge is 2.39. The summed E-state index contributed by atoms with van der Waals surface area (Å²) < 4.78 is 39.6. The number of likely N-dealkylation sites (tertiary alicyclic amines) is 1. The van der Waals surface area contributed by atoms with E-state index >= 15 is 0 Å². The first-order valence-electron chi connectivity index (χ1n) is 15.9. The van der Waals surface area contributed by atoms with Crippen LogP contribution in [-0.4, -0.2) is 81.1 Å². The second-order valence-electron chi connectivity index (χ2n) is 12.8. The summed E-state index contributed by atoms with van der Waals surface area (Å²) in [6.45, 7) is 6.22. The number of aryl methyl sites for hydroxylation is 2. The lowest BCUT2D eigenvalue weighted by Gasteiger charge is -2.42. The van der Waals surface area contributed by atoms with Gasteiger partial charge in [-0.3, -0.25) is 0 Å². The zero-order valence-corrected chi connectivity index (χ0v) is 27.8. The molecule has 2 aromatic heterocycles. The predicted molar refractivity (Wildman–Crippen MR) is 177 cm³/mol. The number of fused-ring (bicyclic) bond motifs is 1. The normalized spacial score (nSPS) is 17.5. The standard InChI is InChI=1S/C34H43N7O4S/c1-25(2)45-34(42)39-14-12-26(13-15-39)19-41(46(43,44)33-22-37(3)24-36-33)30-17-29-16-28(27-8-6-5-7-9-27)10-11-32(29)40(20-30)21-31-18-35-23-38(31)4/h5-11,16,18,22-26,30H,12-15,17,19-21H2,1-4H3. The number of carbonyl (C=O) groups is 1. The van der Waals surface area contributed by atoms with Crippen LogP contribution >= 0.6 is 0 Å². The molecule has 0 aliphatic carbocycles. The number of sulfonamides is 1. The average Bonchev–Trinajstić information content (AvgIpc) is 3.67. The quantitative estimate of drug-likeness (QED) is 0.260. The van der Waals surface area contributed by atoms with Gasteiger partial charge in [0, 0.05) is 64.4 Å². The van der Waals surface area contributed by atoms with Gasteiger partial charge in [0.15, 0.2) is 5.03 Å². The number of anilines is 1. The third-order valence-corrected chi connectivity index (χ3v) is 10.8. The molecule has 0 spiro atoms. The Balaban J connectivity index is 1.33. The van der Waals surface area contributed by atoms with Crippen LogP contribution in [0.1, 0.15) is 37.9 Å². The summed E-state index contributed by atoms with van der Waals surface area (Å²) >= 11 is 0. The number of ether oxygens (including phenoxy) is 1. The van der Waals surface area contributed by atoms with E-state index in [0.717, 1.165) is 28.1 Å². The first-order chi connectivity index (χ1) is 22.1. The summed E-state index contributed by atoms with van der Waals surface area (Å²) in [5, 5.41) is 0.0509. The lowest BCUT2D eigenvalue weighted by Crippen LogP contribution is -2.53. The second kappa shape index (κ2) is 13.3. The minimum absolute atomic E-state index is 0.0509. The fraction of sp³-hybridized carbons (Fsp3) is 0.441. The van der Waals surface area contributed by atoms with Crippen molar-refractivity contribution in [3.63, 3.8) is 0 Å². The molecule has 1 atom stereocenters. The highest BCUT2D eigenvalue weighted by Crippen LogP contribution is 2.36. The summed E-state index contributed by atoms with van der Waals surface area (Å²) in [6.07, 6.45) is 8.22. The lowest BCUT2D eigenvalue weighted by atomic mass is 9.92. The molecule has 1 amide bonds. The molecule has 4 aromatic rings. The van der Waals surface area contributed by atoms with Crippen LogP contribution in [0.2, 0.25) is 0 Å². The van der Waals surface area contributed by atoms with Gasteiger partial charge in [0.1, 0.15) is 0 Å². The minimum Gasteiger partial charge on any atom is -0.447 e. The van der Waals surface area contributed by atoms with Crippen molar-refractivity contribution < 1.29 is 17.9 Å². The Morgan fingerprint density at radius 2 is 1.80 bits per heavy atom. The van der Waals surface area contributed by atoms with Gasteiger partial charge in [-0.25, -0.2) is 23.2 Å². The predicted octanol–water partition coefficient (Wildman–Crippen LogP) is 4.70. The molecule has 2 aromatic carbocycles. The van der Waals surface area contributed by atoms with Gasteiger partial charge in [0.05, 0.1) is 31.0 Å². The molecule has 46 heavy (non-hydrogen) atoms. The van der Waals surface area contributed by atoms with Crippen LogP contribution < -0.4 is 4.90 Å². The monoisotopic (exact) mass is 645 g/mol. The SMILES string of the molecule is CC(C)OC(=O)N1CCC(CN(C2Cc3cc(-c4ccccc4)ccc3N(Cc3cncn3C)C2)S(=O)(=O)c2cn(C)cn2)CC1. The van der Waals surface area contributed by atoms with Gasteiger partial charge >= 0.3 is 6.09 Å². The van der Waals surface area contributed by atoms with Crippen LogP contribution in [-0.2, 0) is 41.8 Å². The van der Waals surface area contributed by atoms with Crippen molar-refractivity contribution in [3.05, 3.63) is 84.8 Å². The molecule has 4 heterocycles. The van der Waals surface area contributed by atoms with Crippen LogP contribution in [0.15, 0.2) is 78.6 Å². The molecular formula is C34H43N7O4S. The van der Waals surface area contributed by atoms with E-state index in [9.17, 15) is 13.2 Å². The van der Waals surface area contributed by atoms with Gasteiger partial charge < -0.3 is 23.7 Å². The van der Waals surface area contributed by atoms with Crippen molar-refractivity contribution in [2.45, 2.75) is 56.8 Å². The van der Waals surface area contributed by atoms with E-state index in [-0.39, 0.29) is 29.2 Å². The fourth-order valence-corrected chi connectivity index (χ4v) is 8.19. The number of imidazole rings is 2. The molecule has 1 saturated heterocycles. The molecule has 244 valence electrons. The van der Waals surface area contributed by atoms with E-state index in [4.69, 9.17) is 4.74 Å². The van der Waals surface area contributed by atoms with Crippen LogP contribution in [0.4, 0.5) is 10.5 Å². The van der Waals surface area contributed by atoms with Crippen molar-refractivity contribution in [3.8, 4) is 11.1 Å². The van der Waals surface area contributed by atoms with E-state index in [1.807, 2.05) is 49.9 Å². The molecule has 0 saturated carbocycles. The Labute approximate surface area is 271 Å². The highest BCUT2D eigenvalue weighted by atomic mass is 32.2. The maximum absolute atomic E-state index is 14.4. The minimum atomic E-state index is -3.93. The largest absolute Gasteiger partial charge is 0.447 e. The molecule has 2 aliphatic rings. The number of hydrogen-bond acceptors (Lipinski definition) is 7. The Kier molecular flexibility index (Phi) is 9.19. The van der Waals surface area contributed by atoms with Crippen LogP contribution in [0.25, 0.3) is 11.1 Å². The maximum Gasteiger partial charge on any atom is 0.410 e. The van der Waals surface area contributed by atoms with Crippen LogP contribution in [0, 0.1) is 5.92 Å². The first kappa shape index (κ1) is 31.8. The van der Waals surface area contributed by atoms with Gasteiger partial charge in [-0.05, 0) is 67.9 Å². The smallest absolute Gasteiger partial charge is 0.410 e. The molecule has 12 heteroatoms. The molecule has 1 unspecified atom stereocenters. The van der Waals surface area contributed by atoms with Gasteiger partial charge in [0.2, 0.25) is 0 Å². The number of benzene rings is 2. The molecule has 0 N–H and O–H groups in total. The van der Waals surface area contributed by atoms with Gasteiger partial charge in [0.25, 0.3) is 10.0 Å². The second-order valence-corrected chi connectivity index (χ2v) is 14.6. The molecule has 0 bridgehead atoms. The van der Waals surface area contributed by atoms with Crippen molar-refractivity contribution in [1.82, 2.24) is 28.3 Å². The number of amides is 1. The van der Waals surface area contributed by atoms with E-state index < -0.39 is 10.0 Å². The number of nitrogens with zero attached hydrogens (tertiary/aromatic N) is 7. The molecule has 0 radical (unpaired) electrons. The third kappa shape index (κ3) is 6.82. The van der Waals surface area contributed by atoms with E-state index in [1.54, 1.807) is 33.3 Å². The Morgan fingerprint density at radius 3 is 2.46 bits per heavy atom. The zero-order chi connectivity index (χ0) is 32.4. The summed E-state index contributed by atoms with van der Waals surface area (Å²) in [5.74, 6) is 0.0872. The molecular weight excluding hydrogens is 602 g/mol. The topological polar surface area (TPSA) is 106 Å². The summed E-state index contributed by atoms with van der Waals surface area (Å²) in [4.78, 5) is 25.2. The molecule has 11 nitrogen and oxygen atoms in total. The zero-order valence-electron chi connectivity index (χ0n) is 27.0. The van der Waals surface area contributed by atoms with Gasteiger partial charge in [-0.15, -0.1) is 0 Å². The van der Waals surface area contributed by atoms with E-state index in [2.05, 4.69) is 45.2 Å². The van der Waals surface area contributed by atoms with Crippen LogP contribution in [0.5, 0.6) is 0 Å². The third-order valence-electron chi connectivity index (χ3n) is 8.99. The number of rotatable bonds is 9. The highest BCUT2D eigenvalue weighted by molar-refractivity contribution is 7.89. The Hall–Kier alpha value is -4.16. The van der Waals surface area contributed by atoms with E-state index in [1.165, 1.54) is 6.33 Å². The number of hydrogen-bond donors (Lipinski definition) is 0. The summed E-state index contributed by atoms with van der Waals surface area (Å²) in [6, 6.07) is 16.4. The maximum atomic E-state index is 14.4. The number of piperidine rings is 1. The lowest BCUT2D eigenvalue weighted by molar-refractivity contribution is 0.0631. The van der Waals surface area contributed by atoms with Crippen molar-refractivity contribution in [1.29, 1.82) is 0 Å². The fourth-order valence-electron chi connectivity index (χ4n) is 6.53. The van der Waals surface area contributed by atoms with Crippen LogP contribution in [0.3, 0.4) is 0 Å². The van der Waals surface area contributed by atoms with E-state index in [0.29, 0.717) is 52.0 Å². The first-order valence-corrected chi connectivity index (χ1v) is 17.4. The molecule has 6 rings (SSSR count). The summed E-state index contributed by atoms with van der Waals surface area (Å²) in [5.41, 5.74) is 5.46. The number of aromatic nitrogens is 4. The molecule has 2 aliphatic heterocycles. The Morgan fingerprint density at radius 1 is 1.04 bits per heavy atom. The van der Waals surface area contributed by atoms with Crippen molar-refractivity contribution in [2.24, 2.45) is 20.0 Å².